The molecule has 0 aliphatic carbocycles. The molecule has 31 heavy (non-hydrogen) atoms. The molecule has 1 spiro atoms. The van der Waals surface area contributed by atoms with E-state index >= 15 is 0 Å². The average Bonchev–Trinajstić information content (AvgIpc) is 2.71. The molecule has 0 unspecified atom stereocenters. The van der Waals surface area contributed by atoms with Crippen LogP contribution in [0.1, 0.15) is 57.1 Å². The van der Waals surface area contributed by atoms with Crippen molar-refractivity contribution in [3.8, 4) is 0 Å². The summed E-state index contributed by atoms with van der Waals surface area (Å²) in [5, 5.41) is 11.2. The molecule has 3 atom stereocenters. The first kappa shape index (κ1) is 23.6. The number of aromatic amines is 1. The van der Waals surface area contributed by atoms with Gasteiger partial charge in [0, 0.05) is 31.3 Å². The Morgan fingerprint density at radius 3 is 2.65 bits per heavy atom. The van der Waals surface area contributed by atoms with Gasteiger partial charge < -0.3 is 26.2 Å². The van der Waals surface area contributed by atoms with Gasteiger partial charge in [-0.3, -0.25) is 19.1 Å². The first-order chi connectivity index (χ1) is 14.6. The lowest BCUT2D eigenvalue weighted by Crippen LogP contribution is -2.60. The molecule has 10 nitrogen and oxygen atoms in total. The second-order valence-corrected chi connectivity index (χ2v) is 9.24. The molecule has 10 heteroatoms. The van der Waals surface area contributed by atoms with Crippen molar-refractivity contribution in [2.24, 2.45) is 11.5 Å². The molecule has 0 radical (unpaired) electrons. The smallest absolute Gasteiger partial charge is 0.328 e. The van der Waals surface area contributed by atoms with Gasteiger partial charge in [0.15, 0.2) is 0 Å². The van der Waals surface area contributed by atoms with E-state index in [0.717, 1.165) is 12.8 Å². The molecule has 2 aliphatic heterocycles. The summed E-state index contributed by atoms with van der Waals surface area (Å²) in [6.45, 7) is 5.08. The van der Waals surface area contributed by atoms with Gasteiger partial charge in [-0.1, -0.05) is 6.42 Å². The van der Waals surface area contributed by atoms with Crippen molar-refractivity contribution < 1.29 is 14.6 Å². The zero-order chi connectivity index (χ0) is 22.8. The van der Waals surface area contributed by atoms with Gasteiger partial charge in [-0.2, -0.15) is 0 Å². The Labute approximate surface area is 181 Å². The van der Waals surface area contributed by atoms with E-state index in [4.69, 9.17) is 16.2 Å². The fourth-order valence-electron chi connectivity index (χ4n) is 4.78. The second kappa shape index (κ2) is 9.23. The van der Waals surface area contributed by atoms with E-state index in [1.54, 1.807) is 18.7 Å². The Balaban J connectivity index is 1.64. The van der Waals surface area contributed by atoms with Crippen LogP contribution in [-0.4, -0.2) is 68.9 Å². The summed E-state index contributed by atoms with van der Waals surface area (Å²) in [6.07, 6.45) is 5.30. The number of unbranched alkanes of at least 4 members (excludes halogenated alkanes) is 1. The summed E-state index contributed by atoms with van der Waals surface area (Å²) in [7, 11) is 0. The highest BCUT2D eigenvalue weighted by molar-refractivity contribution is 5.81. The van der Waals surface area contributed by atoms with Gasteiger partial charge in [-0.05, 0) is 46.1 Å². The van der Waals surface area contributed by atoms with Crippen molar-refractivity contribution in [2.75, 3.05) is 26.2 Å². The van der Waals surface area contributed by atoms with Crippen LogP contribution in [0.5, 0.6) is 0 Å². The molecule has 0 saturated carbocycles. The van der Waals surface area contributed by atoms with Crippen LogP contribution in [0.2, 0.25) is 0 Å². The van der Waals surface area contributed by atoms with E-state index in [0.29, 0.717) is 50.9 Å². The molecular weight excluding hydrogens is 402 g/mol. The lowest BCUT2D eigenvalue weighted by atomic mass is 9.75. The number of piperidine rings is 1. The van der Waals surface area contributed by atoms with E-state index in [9.17, 15) is 19.5 Å². The minimum absolute atomic E-state index is 0.0532. The van der Waals surface area contributed by atoms with Crippen LogP contribution in [-0.2, 0) is 9.53 Å². The number of amides is 1. The highest BCUT2D eigenvalue weighted by Crippen LogP contribution is 2.43. The Morgan fingerprint density at radius 1 is 1.35 bits per heavy atom. The van der Waals surface area contributed by atoms with Gasteiger partial charge in [0.25, 0.3) is 5.56 Å². The lowest BCUT2D eigenvalue weighted by Gasteiger charge is -2.51. The molecule has 174 valence electrons. The fraction of sp³-hybridized carbons (Fsp3) is 0.762. The fourth-order valence-corrected chi connectivity index (χ4v) is 4.78. The number of carbonyl (C=O) groups is 1. The molecule has 1 aromatic rings. The van der Waals surface area contributed by atoms with Crippen molar-refractivity contribution in [3.05, 3.63) is 32.6 Å². The van der Waals surface area contributed by atoms with E-state index < -0.39 is 34.5 Å². The predicted molar refractivity (Wildman–Crippen MR) is 116 cm³/mol. The highest BCUT2D eigenvalue weighted by atomic mass is 16.5. The SMILES string of the molecule is Cc1cn([C@H]2COC3(CCN(C(=O)[C@H](N)CCCCN)CC3)C[C@]2(C)O)c(=O)[nH]c1=O. The number of carbonyl (C=O) groups excluding carboxylic acids is 1. The number of aliphatic hydroxyl groups is 1. The topological polar surface area (TPSA) is 157 Å². The summed E-state index contributed by atoms with van der Waals surface area (Å²) >= 11 is 0. The summed E-state index contributed by atoms with van der Waals surface area (Å²) in [5.74, 6) is -0.0532. The molecule has 1 amide bonds. The van der Waals surface area contributed by atoms with E-state index in [1.807, 2.05) is 0 Å². The van der Waals surface area contributed by atoms with Gasteiger partial charge in [0.2, 0.25) is 5.91 Å². The summed E-state index contributed by atoms with van der Waals surface area (Å²) < 4.78 is 7.56. The molecular formula is C21H35N5O5. The molecule has 2 aliphatic rings. The normalized spacial score (nSPS) is 26.7. The first-order valence-corrected chi connectivity index (χ1v) is 11.0. The van der Waals surface area contributed by atoms with E-state index in [-0.39, 0.29) is 12.5 Å². The maximum absolute atomic E-state index is 12.6. The monoisotopic (exact) mass is 437 g/mol. The molecule has 0 bridgehead atoms. The first-order valence-electron chi connectivity index (χ1n) is 11.0. The number of H-pyrrole nitrogens is 1. The third kappa shape index (κ3) is 5.08. The maximum atomic E-state index is 12.6. The number of rotatable bonds is 6. The molecule has 3 heterocycles. The van der Waals surface area contributed by atoms with Crippen molar-refractivity contribution in [3.63, 3.8) is 0 Å². The number of nitrogens with zero attached hydrogens (tertiary/aromatic N) is 2. The Bertz CT molecular complexity index is 900. The van der Waals surface area contributed by atoms with Gasteiger partial charge in [-0.25, -0.2) is 4.79 Å². The lowest BCUT2D eigenvalue weighted by molar-refractivity contribution is -0.198. The second-order valence-electron chi connectivity index (χ2n) is 9.24. The maximum Gasteiger partial charge on any atom is 0.328 e. The molecule has 3 rings (SSSR count). The summed E-state index contributed by atoms with van der Waals surface area (Å²) in [5.41, 5.74) is 9.19. The number of ether oxygens (including phenoxy) is 1. The molecule has 2 fully saturated rings. The Kier molecular flexibility index (Phi) is 7.04. The standard InChI is InChI=1S/C21H35N5O5/c1-14-11-26(19(29)24-17(14)27)16-12-31-21(13-20(16,2)30)6-9-25(10-7-21)18(28)15(23)5-3-4-8-22/h11,15-16,30H,3-10,12-13,22-23H2,1-2H3,(H,24,27,29)/t15-,16+,20+/m1/s1. The Hall–Kier alpha value is -2.01. The largest absolute Gasteiger partial charge is 0.388 e. The third-order valence-corrected chi connectivity index (χ3v) is 6.70. The van der Waals surface area contributed by atoms with Crippen molar-refractivity contribution >= 4 is 5.91 Å². The van der Waals surface area contributed by atoms with Crippen molar-refractivity contribution in [1.82, 2.24) is 14.5 Å². The minimum atomic E-state index is -1.21. The van der Waals surface area contributed by atoms with Gasteiger partial charge in [0.1, 0.15) is 0 Å². The highest BCUT2D eigenvalue weighted by Gasteiger charge is 2.50. The number of likely N-dealkylation sites (tertiary alicyclic amines) is 1. The third-order valence-electron chi connectivity index (χ3n) is 6.70. The molecule has 2 saturated heterocycles. The minimum Gasteiger partial charge on any atom is -0.388 e. The molecule has 1 aromatic heterocycles. The van der Waals surface area contributed by atoms with Crippen LogP contribution in [0, 0.1) is 6.92 Å². The van der Waals surface area contributed by atoms with E-state index in [1.165, 1.54) is 10.8 Å². The number of hydrogen-bond donors (Lipinski definition) is 4. The van der Waals surface area contributed by atoms with E-state index in [2.05, 4.69) is 4.98 Å². The molecule has 6 N–H and O–H groups in total. The van der Waals surface area contributed by atoms with Gasteiger partial charge >= 0.3 is 5.69 Å². The van der Waals surface area contributed by atoms with Gasteiger partial charge in [0.05, 0.1) is 29.9 Å². The van der Waals surface area contributed by atoms with Crippen LogP contribution < -0.4 is 22.7 Å². The van der Waals surface area contributed by atoms with Crippen LogP contribution in [0.15, 0.2) is 15.8 Å². The quantitative estimate of drug-likeness (QED) is 0.432. The van der Waals surface area contributed by atoms with Gasteiger partial charge in [-0.15, -0.1) is 0 Å². The Morgan fingerprint density at radius 2 is 2.03 bits per heavy atom. The van der Waals surface area contributed by atoms with Crippen LogP contribution in [0.4, 0.5) is 0 Å². The number of aryl methyl sites for hydroxylation is 1. The number of hydrogen-bond acceptors (Lipinski definition) is 7. The zero-order valence-electron chi connectivity index (χ0n) is 18.4. The average molecular weight is 438 g/mol. The number of aromatic nitrogens is 2. The zero-order valence-corrected chi connectivity index (χ0v) is 18.4. The summed E-state index contributed by atoms with van der Waals surface area (Å²) in [4.78, 5) is 40.7. The number of nitrogens with one attached hydrogen (secondary N) is 1. The van der Waals surface area contributed by atoms with Crippen molar-refractivity contribution in [2.45, 2.75) is 75.7 Å². The predicted octanol–water partition coefficient (Wildman–Crippen LogP) is -0.625. The van der Waals surface area contributed by atoms with Crippen LogP contribution >= 0.6 is 0 Å². The number of nitrogens with two attached hydrogens (primary N) is 2. The summed E-state index contributed by atoms with van der Waals surface area (Å²) in [6, 6.07) is -1.13. The van der Waals surface area contributed by atoms with Crippen LogP contribution in [0.25, 0.3) is 0 Å². The van der Waals surface area contributed by atoms with Crippen molar-refractivity contribution in [1.29, 1.82) is 0 Å². The van der Waals surface area contributed by atoms with Crippen LogP contribution in [0.3, 0.4) is 0 Å². The molecule has 0 aromatic carbocycles.